The molecule has 0 atom stereocenters. The lowest BCUT2D eigenvalue weighted by atomic mass is 10.1. The fourth-order valence-electron chi connectivity index (χ4n) is 2.18. The van der Waals surface area contributed by atoms with E-state index in [1.54, 1.807) is 0 Å². The third kappa shape index (κ3) is 3.05. The average Bonchev–Trinajstić information content (AvgIpc) is 2.82. The first-order valence-electron chi connectivity index (χ1n) is 6.78. The lowest BCUT2D eigenvalue weighted by Crippen LogP contribution is -2.30. The molecule has 1 N–H and O–H groups in total. The van der Waals surface area contributed by atoms with Gasteiger partial charge < -0.3 is 14.8 Å². The first-order chi connectivity index (χ1) is 11.4. The summed E-state index contributed by atoms with van der Waals surface area (Å²) >= 11 is 0. The number of amides is 3. The molecule has 9 nitrogen and oxygen atoms in total. The molecule has 1 aromatic carbocycles. The molecule has 0 bridgehead atoms. The normalized spacial score (nSPS) is 15.4. The van der Waals surface area contributed by atoms with Gasteiger partial charge in [0.15, 0.2) is 11.5 Å². The van der Waals surface area contributed by atoms with Gasteiger partial charge in [-0.15, -0.1) is 6.58 Å². The maximum atomic E-state index is 12.2. The quantitative estimate of drug-likeness (QED) is 0.279. The fraction of sp³-hybridized carbons (Fsp3) is 0.200. The van der Waals surface area contributed by atoms with Crippen molar-refractivity contribution in [3.05, 3.63) is 46.2 Å². The number of carbonyl (C=O) groups excluding carboxylic acids is 2. The average molecular weight is 333 g/mol. The Kier molecular flexibility index (Phi) is 4.83. The summed E-state index contributed by atoms with van der Waals surface area (Å²) in [5.74, 6) is -0.153. The number of urea groups is 1. The lowest BCUT2D eigenvalue weighted by molar-refractivity contribution is -0.385. The molecule has 9 heteroatoms. The van der Waals surface area contributed by atoms with Gasteiger partial charge in [-0.2, -0.15) is 0 Å². The van der Waals surface area contributed by atoms with Gasteiger partial charge in [0, 0.05) is 6.54 Å². The summed E-state index contributed by atoms with van der Waals surface area (Å²) in [6.45, 7) is 3.51. The van der Waals surface area contributed by atoms with E-state index in [9.17, 15) is 19.7 Å². The first-order valence-corrected chi connectivity index (χ1v) is 6.78. The molecule has 0 aromatic heterocycles. The number of benzene rings is 1. The van der Waals surface area contributed by atoms with Crippen molar-refractivity contribution >= 4 is 23.7 Å². The van der Waals surface area contributed by atoms with Crippen LogP contribution in [0.15, 0.2) is 30.5 Å². The van der Waals surface area contributed by atoms with Crippen LogP contribution in [0.2, 0.25) is 0 Å². The van der Waals surface area contributed by atoms with E-state index in [4.69, 9.17) is 9.47 Å². The smallest absolute Gasteiger partial charge is 0.329 e. The number of nitrogens with one attached hydrogen (secondary N) is 1. The standard InChI is InChI=1S/C15H15N3O6/c1-4-5-17-14(19)10(16-15(17)20)6-9-7-12(23-2)13(24-3)8-11(9)18(21)22/h4,6-8H,1,5H2,2-3H3,(H,16,20)/b10-6+. The molecule has 0 spiro atoms. The molecule has 0 radical (unpaired) electrons. The van der Waals surface area contributed by atoms with Gasteiger partial charge in [-0.05, 0) is 12.1 Å². The monoisotopic (exact) mass is 333 g/mol. The van der Waals surface area contributed by atoms with Crippen molar-refractivity contribution in [1.29, 1.82) is 0 Å². The van der Waals surface area contributed by atoms with E-state index < -0.39 is 16.9 Å². The molecule has 0 saturated carbocycles. The number of methoxy groups -OCH3 is 2. The predicted octanol–water partition coefficient (Wildman–Crippen LogP) is 1.69. The van der Waals surface area contributed by atoms with Crippen LogP contribution in [0.4, 0.5) is 10.5 Å². The predicted molar refractivity (Wildman–Crippen MR) is 84.6 cm³/mol. The highest BCUT2D eigenvalue weighted by Crippen LogP contribution is 2.35. The van der Waals surface area contributed by atoms with E-state index in [-0.39, 0.29) is 35.0 Å². The summed E-state index contributed by atoms with van der Waals surface area (Å²) in [7, 11) is 2.74. The van der Waals surface area contributed by atoms with E-state index in [0.717, 1.165) is 4.90 Å². The summed E-state index contributed by atoms with van der Waals surface area (Å²) in [6.07, 6.45) is 2.63. The topological polar surface area (TPSA) is 111 Å². The van der Waals surface area contributed by atoms with Gasteiger partial charge in [-0.25, -0.2) is 4.79 Å². The summed E-state index contributed by atoms with van der Waals surface area (Å²) in [6, 6.07) is 1.93. The molecular weight excluding hydrogens is 318 g/mol. The molecule has 0 aliphatic carbocycles. The molecule has 24 heavy (non-hydrogen) atoms. The highest BCUT2D eigenvalue weighted by molar-refractivity contribution is 6.14. The van der Waals surface area contributed by atoms with Crippen LogP contribution in [0.1, 0.15) is 5.56 Å². The zero-order valence-electron chi connectivity index (χ0n) is 13.1. The maximum absolute atomic E-state index is 12.2. The second-order valence-corrected chi connectivity index (χ2v) is 4.72. The number of carbonyl (C=O) groups is 2. The molecule has 1 fully saturated rings. The van der Waals surface area contributed by atoms with Crippen LogP contribution in [-0.2, 0) is 4.79 Å². The summed E-state index contributed by atoms with van der Waals surface area (Å²) in [5.41, 5.74) is -0.261. The molecule has 0 unspecified atom stereocenters. The number of imide groups is 1. The van der Waals surface area contributed by atoms with Crippen molar-refractivity contribution in [3.63, 3.8) is 0 Å². The number of nitro benzene ring substituents is 1. The van der Waals surface area contributed by atoms with E-state index >= 15 is 0 Å². The maximum Gasteiger partial charge on any atom is 0.329 e. The van der Waals surface area contributed by atoms with E-state index in [1.807, 2.05) is 0 Å². The van der Waals surface area contributed by atoms with Crippen molar-refractivity contribution in [3.8, 4) is 11.5 Å². The Morgan fingerprint density at radius 3 is 2.46 bits per heavy atom. The van der Waals surface area contributed by atoms with E-state index in [1.165, 1.54) is 38.5 Å². The van der Waals surface area contributed by atoms with Gasteiger partial charge in [0.25, 0.3) is 11.6 Å². The third-order valence-corrected chi connectivity index (χ3v) is 3.30. The second kappa shape index (κ2) is 6.82. The van der Waals surface area contributed by atoms with Crippen molar-refractivity contribution in [2.45, 2.75) is 0 Å². The Labute approximate surface area is 137 Å². The number of nitrogens with zero attached hydrogens (tertiary/aromatic N) is 2. The van der Waals surface area contributed by atoms with Crippen molar-refractivity contribution in [1.82, 2.24) is 10.2 Å². The van der Waals surface area contributed by atoms with Crippen molar-refractivity contribution < 1.29 is 24.0 Å². The van der Waals surface area contributed by atoms with Crippen molar-refractivity contribution in [2.75, 3.05) is 20.8 Å². The number of hydrogen-bond donors (Lipinski definition) is 1. The summed E-state index contributed by atoms with van der Waals surface area (Å²) < 4.78 is 10.1. The largest absolute Gasteiger partial charge is 0.493 e. The van der Waals surface area contributed by atoms with Gasteiger partial charge in [-0.3, -0.25) is 19.8 Å². The van der Waals surface area contributed by atoms with Crippen LogP contribution in [-0.4, -0.2) is 42.5 Å². The van der Waals surface area contributed by atoms with Crippen LogP contribution in [0.25, 0.3) is 6.08 Å². The third-order valence-electron chi connectivity index (χ3n) is 3.30. The van der Waals surface area contributed by atoms with Crippen LogP contribution in [0, 0.1) is 10.1 Å². The van der Waals surface area contributed by atoms with Gasteiger partial charge >= 0.3 is 6.03 Å². The highest BCUT2D eigenvalue weighted by atomic mass is 16.6. The molecule has 3 amide bonds. The Morgan fingerprint density at radius 2 is 1.92 bits per heavy atom. The number of hydrogen-bond acceptors (Lipinski definition) is 6. The molecule has 1 aliphatic rings. The van der Waals surface area contributed by atoms with Crippen LogP contribution >= 0.6 is 0 Å². The second-order valence-electron chi connectivity index (χ2n) is 4.72. The van der Waals surface area contributed by atoms with Crippen LogP contribution in [0.3, 0.4) is 0 Å². The molecular formula is C15H15N3O6. The Bertz CT molecular complexity index is 756. The highest BCUT2D eigenvalue weighted by Gasteiger charge is 2.33. The fourth-order valence-corrected chi connectivity index (χ4v) is 2.18. The van der Waals surface area contributed by atoms with Crippen molar-refractivity contribution in [2.24, 2.45) is 0 Å². The molecule has 1 saturated heterocycles. The van der Waals surface area contributed by atoms with Crippen LogP contribution in [0.5, 0.6) is 11.5 Å². The molecule has 1 heterocycles. The molecule has 1 aromatic rings. The Morgan fingerprint density at radius 1 is 1.29 bits per heavy atom. The molecule has 1 aliphatic heterocycles. The van der Waals surface area contributed by atoms with Gasteiger partial charge in [-0.1, -0.05) is 6.08 Å². The zero-order chi connectivity index (χ0) is 17.9. The lowest BCUT2D eigenvalue weighted by Gasteiger charge is -2.09. The van der Waals surface area contributed by atoms with Gasteiger partial charge in [0.05, 0.1) is 30.8 Å². The Hall–Kier alpha value is -3.36. The molecule has 126 valence electrons. The van der Waals surface area contributed by atoms with E-state index in [2.05, 4.69) is 11.9 Å². The summed E-state index contributed by atoms with van der Waals surface area (Å²) in [5, 5.41) is 13.6. The number of rotatable bonds is 6. The SMILES string of the molecule is C=CCN1C(=O)N/C(=C/c2cc(OC)c(OC)cc2[N+](=O)[O-])C1=O. The number of nitro groups is 1. The van der Waals surface area contributed by atoms with Gasteiger partial charge in [0.1, 0.15) is 5.70 Å². The Balaban J connectivity index is 2.52. The number of ether oxygens (including phenoxy) is 2. The van der Waals surface area contributed by atoms with E-state index in [0.29, 0.717) is 0 Å². The minimum atomic E-state index is -0.616. The minimum absolute atomic E-state index is 0.0377. The zero-order valence-corrected chi connectivity index (χ0v) is 13.1. The van der Waals surface area contributed by atoms with Gasteiger partial charge in [0.2, 0.25) is 0 Å². The first kappa shape index (κ1) is 17.0. The van der Waals surface area contributed by atoms with Crippen LogP contribution < -0.4 is 14.8 Å². The molecule has 2 rings (SSSR count). The minimum Gasteiger partial charge on any atom is -0.493 e. The summed E-state index contributed by atoms with van der Waals surface area (Å²) in [4.78, 5) is 35.5.